The van der Waals surface area contributed by atoms with Gasteiger partial charge in [0.2, 0.25) is 5.76 Å². The summed E-state index contributed by atoms with van der Waals surface area (Å²) < 4.78 is 24.1. The van der Waals surface area contributed by atoms with Crippen LogP contribution >= 0.6 is 11.6 Å². The molecule has 1 heterocycles. The van der Waals surface area contributed by atoms with E-state index in [9.17, 15) is 14.0 Å². The highest BCUT2D eigenvalue weighted by Gasteiger charge is 2.22. The summed E-state index contributed by atoms with van der Waals surface area (Å²) in [5.41, 5.74) is 0.482. The van der Waals surface area contributed by atoms with Gasteiger partial charge in [0.1, 0.15) is 11.4 Å². The highest BCUT2D eigenvalue weighted by Crippen LogP contribution is 2.21. The lowest BCUT2D eigenvalue weighted by Gasteiger charge is -2.13. The minimum Gasteiger partial charge on any atom is -0.449 e. The first-order valence-electron chi connectivity index (χ1n) is 7.39. The number of amides is 1. The number of ether oxygens (including phenoxy) is 1. The fourth-order valence-electron chi connectivity index (χ4n) is 2.18. The van der Waals surface area contributed by atoms with Gasteiger partial charge in [0.05, 0.1) is 5.69 Å². The van der Waals surface area contributed by atoms with Gasteiger partial charge in [0, 0.05) is 10.4 Å². The zero-order valence-electron chi connectivity index (χ0n) is 13.1. The third kappa shape index (κ3) is 3.80. The minimum atomic E-state index is -1.14. The first-order valence-corrected chi connectivity index (χ1v) is 7.77. The Morgan fingerprint density at radius 2 is 1.96 bits per heavy atom. The molecule has 25 heavy (non-hydrogen) atoms. The molecule has 5 nitrogen and oxygen atoms in total. The lowest BCUT2D eigenvalue weighted by molar-refractivity contribution is -0.123. The van der Waals surface area contributed by atoms with Crippen molar-refractivity contribution >= 4 is 40.1 Å². The summed E-state index contributed by atoms with van der Waals surface area (Å²) in [5, 5.41) is 3.29. The first-order chi connectivity index (χ1) is 11.9. The lowest BCUT2D eigenvalue weighted by atomic mass is 10.2. The predicted molar refractivity (Wildman–Crippen MR) is 91.1 cm³/mol. The van der Waals surface area contributed by atoms with Crippen LogP contribution in [0, 0.1) is 5.82 Å². The summed E-state index contributed by atoms with van der Waals surface area (Å²) in [6.07, 6.45) is -1.14. The molecule has 128 valence electrons. The highest BCUT2D eigenvalue weighted by atomic mass is 35.5. The van der Waals surface area contributed by atoms with Gasteiger partial charge in [-0.1, -0.05) is 29.8 Å². The molecule has 0 saturated carbocycles. The molecule has 0 fully saturated rings. The predicted octanol–water partition coefficient (Wildman–Crippen LogP) is 4.41. The molecule has 1 aromatic heterocycles. The smallest absolute Gasteiger partial charge is 0.375 e. The number of fused-ring (bicyclic) bond motifs is 1. The Labute approximate surface area is 147 Å². The molecule has 1 atom stereocenters. The van der Waals surface area contributed by atoms with E-state index in [0.29, 0.717) is 5.58 Å². The van der Waals surface area contributed by atoms with Crippen LogP contribution in [-0.2, 0) is 9.53 Å². The standard InChI is InChI=1S/C18H13ClFNO4/c1-10(17(22)21-14-7-6-12(19)9-13(14)20)24-18(23)16-8-11-4-2-3-5-15(11)25-16/h2-10H,1H3,(H,21,22)/t10-/m0/s1. The van der Waals surface area contributed by atoms with E-state index in [2.05, 4.69) is 5.32 Å². The van der Waals surface area contributed by atoms with Gasteiger partial charge in [-0.3, -0.25) is 4.79 Å². The molecule has 0 saturated heterocycles. The van der Waals surface area contributed by atoms with Crippen LogP contribution in [0.25, 0.3) is 11.0 Å². The molecule has 3 aromatic rings. The number of carbonyl (C=O) groups excluding carboxylic acids is 2. The summed E-state index contributed by atoms with van der Waals surface area (Å²) in [6, 6.07) is 12.4. The zero-order valence-corrected chi connectivity index (χ0v) is 13.8. The molecule has 1 amide bonds. The molecule has 1 N–H and O–H groups in total. The van der Waals surface area contributed by atoms with Gasteiger partial charge in [-0.2, -0.15) is 0 Å². The van der Waals surface area contributed by atoms with Crippen LogP contribution in [0.5, 0.6) is 0 Å². The number of benzene rings is 2. The van der Waals surface area contributed by atoms with Crippen LogP contribution in [0.15, 0.2) is 52.9 Å². The summed E-state index contributed by atoms with van der Waals surface area (Å²) in [5.74, 6) is -2.16. The first kappa shape index (κ1) is 17.0. The maximum absolute atomic E-state index is 13.7. The van der Waals surface area contributed by atoms with Crippen molar-refractivity contribution in [2.75, 3.05) is 5.32 Å². The fraction of sp³-hybridized carbons (Fsp3) is 0.111. The van der Waals surface area contributed by atoms with Gasteiger partial charge in [0.25, 0.3) is 5.91 Å². The monoisotopic (exact) mass is 361 g/mol. The van der Waals surface area contributed by atoms with Crippen LogP contribution < -0.4 is 5.32 Å². The number of hydrogen-bond donors (Lipinski definition) is 1. The topological polar surface area (TPSA) is 68.5 Å². The highest BCUT2D eigenvalue weighted by molar-refractivity contribution is 6.30. The SMILES string of the molecule is C[C@H](OC(=O)c1cc2ccccc2o1)C(=O)Nc1ccc(Cl)cc1F. The molecule has 0 spiro atoms. The molecule has 0 bridgehead atoms. The number of anilines is 1. The number of nitrogens with one attached hydrogen (secondary N) is 1. The normalized spacial score (nSPS) is 12.0. The van der Waals surface area contributed by atoms with E-state index < -0.39 is 23.8 Å². The van der Waals surface area contributed by atoms with Gasteiger partial charge in [-0.15, -0.1) is 0 Å². The molecule has 0 unspecified atom stereocenters. The molecular formula is C18H13ClFNO4. The fourth-order valence-corrected chi connectivity index (χ4v) is 2.34. The van der Waals surface area contributed by atoms with Gasteiger partial charge in [-0.25, -0.2) is 9.18 Å². The van der Waals surface area contributed by atoms with Crippen LogP contribution in [0.2, 0.25) is 5.02 Å². The molecule has 3 rings (SSSR count). The van der Waals surface area contributed by atoms with Gasteiger partial charge in [0.15, 0.2) is 6.10 Å². The summed E-state index contributed by atoms with van der Waals surface area (Å²) in [7, 11) is 0. The van der Waals surface area contributed by atoms with E-state index in [1.54, 1.807) is 18.2 Å². The van der Waals surface area contributed by atoms with E-state index in [0.717, 1.165) is 11.5 Å². The van der Waals surface area contributed by atoms with Crippen molar-refractivity contribution in [1.82, 2.24) is 0 Å². The molecule has 0 aliphatic heterocycles. The maximum Gasteiger partial charge on any atom is 0.375 e. The molecule has 7 heteroatoms. The van der Waals surface area contributed by atoms with Crippen molar-refractivity contribution in [2.45, 2.75) is 13.0 Å². The van der Waals surface area contributed by atoms with Gasteiger partial charge >= 0.3 is 5.97 Å². The minimum absolute atomic E-state index is 0.0153. The number of para-hydroxylation sites is 1. The van der Waals surface area contributed by atoms with Crippen LogP contribution in [0.1, 0.15) is 17.5 Å². The second kappa shape index (κ2) is 6.94. The second-order valence-electron chi connectivity index (χ2n) is 5.31. The molecule has 2 aromatic carbocycles. The summed E-state index contributed by atoms with van der Waals surface area (Å²) in [6.45, 7) is 1.38. The van der Waals surface area contributed by atoms with Crippen LogP contribution in [0.4, 0.5) is 10.1 Å². The number of esters is 1. The van der Waals surface area contributed by atoms with E-state index in [1.165, 1.54) is 25.1 Å². The Hall–Kier alpha value is -2.86. The number of halogens is 2. The Morgan fingerprint density at radius 3 is 2.68 bits per heavy atom. The zero-order chi connectivity index (χ0) is 18.0. The van der Waals surface area contributed by atoms with Crippen molar-refractivity contribution in [3.05, 3.63) is 65.1 Å². The van der Waals surface area contributed by atoms with Crippen molar-refractivity contribution in [2.24, 2.45) is 0 Å². The van der Waals surface area contributed by atoms with Crippen molar-refractivity contribution in [1.29, 1.82) is 0 Å². The third-order valence-corrected chi connectivity index (χ3v) is 3.70. The number of rotatable bonds is 4. The van der Waals surface area contributed by atoms with Crippen LogP contribution in [-0.4, -0.2) is 18.0 Å². The van der Waals surface area contributed by atoms with E-state index in [-0.39, 0.29) is 16.5 Å². The van der Waals surface area contributed by atoms with Gasteiger partial charge < -0.3 is 14.5 Å². The van der Waals surface area contributed by atoms with E-state index in [1.807, 2.05) is 6.07 Å². The summed E-state index contributed by atoms with van der Waals surface area (Å²) in [4.78, 5) is 24.2. The Kier molecular flexibility index (Phi) is 4.72. The number of furan rings is 1. The second-order valence-corrected chi connectivity index (χ2v) is 5.75. The Balaban J connectivity index is 1.67. The Bertz CT molecular complexity index is 920. The van der Waals surface area contributed by atoms with Crippen LogP contribution in [0.3, 0.4) is 0 Å². The quantitative estimate of drug-likeness (QED) is 0.699. The maximum atomic E-state index is 13.7. The molecule has 0 radical (unpaired) electrons. The van der Waals surface area contributed by atoms with Gasteiger partial charge in [-0.05, 0) is 37.3 Å². The number of hydrogen-bond acceptors (Lipinski definition) is 4. The lowest BCUT2D eigenvalue weighted by Crippen LogP contribution is -2.30. The largest absolute Gasteiger partial charge is 0.449 e. The van der Waals surface area contributed by atoms with Crippen molar-refractivity contribution in [3.8, 4) is 0 Å². The third-order valence-electron chi connectivity index (χ3n) is 3.47. The summed E-state index contributed by atoms with van der Waals surface area (Å²) >= 11 is 5.65. The molecular weight excluding hydrogens is 349 g/mol. The van der Waals surface area contributed by atoms with E-state index in [4.69, 9.17) is 20.8 Å². The van der Waals surface area contributed by atoms with Crippen molar-refractivity contribution in [3.63, 3.8) is 0 Å². The van der Waals surface area contributed by atoms with Crippen molar-refractivity contribution < 1.29 is 23.1 Å². The van der Waals surface area contributed by atoms with E-state index >= 15 is 0 Å². The number of carbonyl (C=O) groups is 2. The average Bonchev–Trinajstić information content (AvgIpc) is 3.01. The Morgan fingerprint density at radius 1 is 1.20 bits per heavy atom. The molecule has 0 aliphatic carbocycles. The average molecular weight is 362 g/mol. The molecule has 0 aliphatic rings.